The molecular formula is C15H23N7O. The number of aromatic nitrogens is 4. The molecule has 0 aromatic carbocycles. The maximum atomic E-state index is 12.2. The van der Waals surface area contributed by atoms with E-state index in [9.17, 15) is 4.79 Å². The van der Waals surface area contributed by atoms with Gasteiger partial charge in [0.05, 0.1) is 11.6 Å². The van der Waals surface area contributed by atoms with Crippen molar-refractivity contribution in [3.05, 3.63) is 12.5 Å². The summed E-state index contributed by atoms with van der Waals surface area (Å²) in [5, 5.41) is 5.20. The fourth-order valence-electron chi connectivity index (χ4n) is 2.88. The van der Waals surface area contributed by atoms with E-state index in [0.29, 0.717) is 19.5 Å². The molecule has 1 atom stereocenters. The molecule has 1 aliphatic heterocycles. The molecule has 0 aliphatic carbocycles. The van der Waals surface area contributed by atoms with E-state index in [0.717, 1.165) is 36.4 Å². The minimum atomic E-state index is 0.0696. The minimum Gasteiger partial charge on any atom is -0.352 e. The Balaban J connectivity index is 1.65. The molecular weight excluding hydrogens is 294 g/mol. The van der Waals surface area contributed by atoms with Crippen molar-refractivity contribution < 1.29 is 4.79 Å². The molecule has 2 aromatic rings. The molecule has 2 N–H and O–H groups in total. The molecule has 2 aromatic heterocycles. The van der Waals surface area contributed by atoms with Crippen molar-refractivity contribution in [1.82, 2.24) is 24.6 Å². The third-order valence-corrected chi connectivity index (χ3v) is 4.25. The fourth-order valence-corrected chi connectivity index (χ4v) is 2.88. The third kappa shape index (κ3) is 3.26. The Morgan fingerprint density at radius 1 is 1.30 bits per heavy atom. The second-order valence-electron chi connectivity index (χ2n) is 6.09. The number of rotatable bonds is 4. The Morgan fingerprint density at radius 3 is 2.74 bits per heavy atom. The lowest BCUT2D eigenvalue weighted by atomic mass is 10.1. The molecule has 3 heterocycles. The SMILES string of the molecule is CC(N)CCC(=O)N1CCN(c2ncnc3c2cnn3C)CC1. The van der Waals surface area contributed by atoms with E-state index >= 15 is 0 Å². The number of hydrogen-bond acceptors (Lipinski definition) is 6. The lowest BCUT2D eigenvalue weighted by Crippen LogP contribution is -2.49. The van der Waals surface area contributed by atoms with E-state index in [1.165, 1.54) is 0 Å². The van der Waals surface area contributed by atoms with E-state index in [1.807, 2.05) is 18.9 Å². The van der Waals surface area contributed by atoms with Gasteiger partial charge in [0.2, 0.25) is 5.91 Å². The number of aryl methyl sites for hydroxylation is 1. The quantitative estimate of drug-likeness (QED) is 0.862. The van der Waals surface area contributed by atoms with Crippen LogP contribution in [0.3, 0.4) is 0 Å². The monoisotopic (exact) mass is 317 g/mol. The van der Waals surface area contributed by atoms with E-state index in [4.69, 9.17) is 5.73 Å². The lowest BCUT2D eigenvalue weighted by Gasteiger charge is -2.35. The zero-order valence-corrected chi connectivity index (χ0v) is 13.6. The molecule has 8 heteroatoms. The van der Waals surface area contributed by atoms with Gasteiger partial charge in [-0.25, -0.2) is 9.97 Å². The Bertz CT molecular complexity index is 688. The summed E-state index contributed by atoms with van der Waals surface area (Å²) in [6, 6.07) is 0.0696. The normalized spacial score (nSPS) is 16.8. The average molecular weight is 317 g/mol. The van der Waals surface area contributed by atoms with Gasteiger partial charge in [0.15, 0.2) is 5.65 Å². The van der Waals surface area contributed by atoms with Crippen molar-refractivity contribution in [2.24, 2.45) is 12.8 Å². The number of amides is 1. The Kier molecular flexibility index (Phi) is 4.42. The van der Waals surface area contributed by atoms with Crippen LogP contribution in [0.2, 0.25) is 0 Å². The van der Waals surface area contributed by atoms with Gasteiger partial charge in [-0.1, -0.05) is 0 Å². The largest absolute Gasteiger partial charge is 0.352 e. The first kappa shape index (κ1) is 15.7. The maximum Gasteiger partial charge on any atom is 0.222 e. The topological polar surface area (TPSA) is 93.2 Å². The first-order valence-electron chi connectivity index (χ1n) is 7.97. The number of hydrogen-bond donors (Lipinski definition) is 1. The fraction of sp³-hybridized carbons (Fsp3) is 0.600. The van der Waals surface area contributed by atoms with E-state index in [2.05, 4.69) is 20.0 Å². The highest BCUT2D eigenvalue weighted by molar-refractivity contribution is 5.86. The number of nitrogens with zero attached hydrogens (tertiary/aromatic N) is 6. The molecule has 3 rings (SSSR count). The van der Waals surface area contributed by atoms with Crippen molar-refractivity contribution in [2.45, 2.75) is 25.8 Å². The lowest BCUT2D eigenvalue weighted by molar-refractivity contribution is -0.131. The van der Waals surface area contributed by atoms with Gasteiger partial charge in [-0.3, -0.25) is 9.48 Å². The summed E-state index contributed by atoms with van der Waals surface area (Å²) in [5.74, 6) is 1.09. The molecule has 124 valence electrons. The van der Waals surface area contributed by atoms with Gasteiger partial charge < -0.3 is 15.5 Å². The molecule has 0 spiro atoms. The highest BCUT2D eigenvalue weighted by atomic mass is 16.2. The first-order valence-corrected chi connectivity index (χ1v) is 7.97. The predicted molar refractivity (Wildman–Crippen MR) is 88.0 cm³/mol. The van der Waals surface area contributed by atoms with Gasteiger partial charge in [-0.2, -0.15) is 5.10 Å². The predicted octanol–water partition coefficient (Wildman–Crippen LogP) is 0.139. The second-order valence-corrected chi connectivity index (χ2v) is 6.09. The number of carbonyl (C=O) groups excluding carboxylic acids is 1. The van der Waals surface area contributed by atoms with Crippen molar-refractivity contribution in [3.63, 3.8) is 0 Å². The summed E-state index contributed by atoms with van der Waals surface area (Å²) in [6.07, 6.45) is 4.63. The second kappa shape index (κ2) is 6.49. The molecule has 1 saturated heterocycles. The Labute approximate surface area is 135 Å². The van der Waals surface area contributed by atoms with Gasteiger partial charge >= 0.3 is 0 Å². The molecule has 23 heavy (non-hydrogen) atoms. The number of carbonyl (C=O) groups is 1. The number of fused-ring (bicyclic) bond motifs is 1. The van der Waals surface area contributed by atoms with Gasteiger partial charge in [-0.05, 0) is 13.3 Å². The minimum absolute atomic E-state index is 0.0696. The molecule has 0 bridgehead atoms. The molecule has 1 aliphatic rings. The summed E-state index contributed by atoms with van der Waals surface area (Å²) < 4.78 is 1.74. The van der Waals surface area contributed by atoms with Crippen LogP contribution in [-0.4, -0.2) is 62.8 Å². The van der Waals surface area contributed by atoms with E-state index < -0.39 is 0 Å². The van der Waals surface area contributed by atoms with Crippen LogP contribution in [0, 0.1) is 0 Å². The summed E-state index contributed by atoms with van der Waals surface area (Å²) >= 11 is 0. The Hall–Kier alpha value is -2.22. The molecule has 1 unspecified atom stereocenters. The first-order chi connectivity index (χ1) is 11.1. The standard InChI is InChI=1S/C15H23N7O/c1-11(16)3-4-13(23)21-5-7-22(8-6-21)15-12-9-19-20(2)14(12)17-10-18-15/h9-11H,3-8,16H2,1-2H3. The summed E-state index contributed by atoms with van der Waals surface area (Å²) in [7, 11) is 1.87. The van der Waals surface area contributed by atoms with Gasteiger partial charge in [0, 0.05) is 45.7 Å². The number of nitrogens with two attached hydrogens (primary N) is 1. The van der Waals surface area contributed by atoms with Gasteiger partial charge in [0.25, 0.3) is 0 Å². The van der Waals surface area contributed by atoms with E-state index in [-0.39, 0.29) is 11.9 Å². The van der Waals surface area contributed by atoms with Crippen molar-refractivity contribution in [1.29, 1.82) is 0 Å². The summed E-state index contributed by atoms with van der Waals surface area (Å²) in [6.45, 7) is 4.89. The number of anilines is 1. The van der Waals surface area contributed by atoms with Crippen LogP contribution in [0.4, 0.5) is 5.82 Å². The zero-order valence-electron chi connectivity index (χ0n) is 13.6. The Morgan fingerprint density at radius 2 is 2.04 bits per heavy atom. The highest BCUT2D eigenvalue weighted by Gasteiger charge is 2.23. The smallest absolute Gasteiger partial charge is 0.222 e. The molecule has 1 amide bonds. The van der Waals surface area contributed by atoms with Gasteiger partial charge in [-0.15, -0.1) is 0 Å². The number of piperazine rings is 1. The molecule has 1 fully saturated rings. The van der Waals surface area contributed by atoms with Crippen molar-refractivity contribution in [2.75, 3.05) is 31.1 Å². The van der Waals surface area contributed by atoms with E-state index in [1.54, 1.807) is 17.2 Å². The summed E-state index contributed by atoms with van der Waals surface area (Å²) in [4.78, 5) is 25.0. The van der Waals surface area contributed by atoms with Crippen LogP contribution in [0.5, 0.6) is 0 Å². The van der Waals surface area contributed by atoms with Crippen LogP contribution in [0.15, 0.2) is 12.5 Å². The van der Waals surface area contributed by atoms with Crippen molar-refractivity contribution >= 4 is 22.8 Å². The highest BCUT2D eigenvalue weighted by Crippen LogP contribution is 2.23. The zero-order chi connectivity index (χ0) is 16.4. The average Bonchev–Trinajstić information content (AvgIpc) is 2.94. The third-order valence-electron chi connectivity index (χ3n) is 4.25. The van der Waals surface area contributed by atoms with Crippen LogP contribution in [-0.2, 0) is 11.8 Å². The van der Waals surface area contributed by atoms with Crippen LogP contribution >= 0.6 is 0 Å². The van der Waals surface area contributed by atoms with Crippen LogP contribution in [0.1, 0.15) is 19.8 Å². The molecule has 8 nitrogen and oxygen atoms in total. The molecule has 0 saturated carbocycles. The van der Waals surface area contributed by atoms with Crippen molar-refractivity contribution in [3.8, 4) is 0 Å². The molecule has 0 radical (unpaired) electrons. The van der Waals surface area contributed by atoms with Gasteiger partial charge in [0.1, 0.15) is 12.1 Å². The van der Waals surface area contributed by atoms with Crippen LogP contribution in [0.25, 0.3) is 11.0 Å². The van der Waals surface area contributed by atoms with Crippen LogP contribution < -0.4 is 10.6 Å². The summed E-state index contributed by atoms with van der Waals surface area (Å²) in [5.41, 5.74) is 6.55. The maximum absolute atomic E-state index is 12.2.